The highest BCUT2D eigenvalue weighted by atomic mass is 32.2. The molecule has 0 heterocycles. The topological polar surface area (TPSA) is 84.9 Å². The highest BCUT2D eigenvalue weighted by Crippen LogP contribution is 2.29. The molecule has 0 atom stereocenters. The molecule has 0 aliphatic rings. The number of halogens is 2. The largest absolute Gasteiger partial charge is 0.493 e. The SMILES string of the molecule is COc1cc(CNC(=O)CN(c2ccc(F)c(F)c2)S(C)(=O)=O)ccc1OC(C)C. The summed E-state index contributed by atoms with van der Waals surface area (Å²) in [6.45, 7) is 3.28. The van der Waals surface area contributed by atoms with Gasteiger partial charge < -0.3 is 14.8 Å². The van der Waals surface area contributed by atoms with Crippen LogP contribution in [0.1, 0.15) is 19.4 Å². The van der Waals surface area contributed by atoms with E-state index in [1.165, 1.54) is 7.11 Å². The van der Waals surface area contributed by atoms with Gasteiger partial charge in [-0.2, -0.15) is 0 Å². The van der Waals surface area contributed by atoms with Gasteiger partial charge in [-0.3, -0.25) is 9.10 Å². The van der Waals surface area contributed by atoms with Crippen LogP contribution >= 0.6 is 0 Å². The van der Waals surface area contributed by atoms with Crippen LogP contribution in [0.25, 0.3) is 0 Å². The van der Waals surface area contributed by atoms with Crippen molar-refractivity contribution >= 4 is 21.6 Å². The van der Waals surface area contributed by atoms with Crippen molar-refractivity contribution in [2.75, 3.05) is 24.2 Å². The van der Waals surface area contributed by atoms with Gasteiger partial charge in [0, 0.05) is 12.6 Å². The van der Waals surface area contributed by atoms with Crippen molar-refractivity contribution < 1.29 is 31.5 Å². The lowest BCUT2D eigenvalue weighted by Gasteiger charge is -2.22. The Morgan fingerprint density at radius 2 is 1.80 bits per heavy atom. The Morgan fingerprint density at radius 1 is 1.10 bits per heavy atom. The second kappa shape index (κ2) is 9.75. The first kappa shape index (κ1) is 23.4. The summed E-state index contributed by atoms with van der Waals surface area (Å²) < 4.78 is 62.4. The first-order valence-electron chi connectivity index (χ1n) is 9.04. The van der Waals surface area contributed by atoms with E-state index >= 15 is 0 Å². The van der Waals surface area contributed by atoms with E-state index in [1.807, 2.05) is 13.8 Å². The lowest BCUT2D eigenvalue weighted by Crippen LogP contribution is -2.40. The number of nitrogens with zero attached hydrogens (tertiary/aromatic N) is 1. The third-order valence-electron chi connectivity index (χ3n) is 3.96. The maximum atomic E-state index is 13.5. The predicted octanol–water partition coefficient (Wildman–Crippen LogP) is 2.84. The number of anilines is 1. The number of benzene rings is 2. The minimum atomic E-state index is -3.91. The minimum Gasteiger partial charge on any atom is -0.493 e. The molecular formula is C20H24F2N2O5S. The van der Waals surface area contributed by atoms with Gasteiger partial charge in [0.1, 0.15) is 6.54 Å². The van der Waals surface area contributed by atoms with Gasteiger partial charge in [-0.25, -0.2) is 17.2 Å². The number of hydrogen-bond donors (Lipinski definition) is 1. The fourth-order valence-corrected chi connectivity index (χ4v) is 3.45. The third kappa shape index (κ3) is 6.31. The van der Waals surface area contributed by atoms with Gasteiger partial charge in [0.25, 0.3) is 0 Å². The quantitative estimate of drug-likeness (QED) is 0.646. The Bertz CT molecular complexity index is 1010. The highest BCUT2D eigenvalue weighted by Gasteiger charge is 2.22. The molecule has 0 spiro atoms. The zero-order chi connectivity index (χ0) is 22.5. The number of ether oxygens (including phenoxy) is 2. The van der Waals surface area contributed by atoms with E-state index in [2.05, 4.69) is 5.32 Å². The molecule has 0 fully saturated rings. The number of rotatable bonds is 9. The fourth-order valence-electron chi connectivity index (χ4n) is 2.60. The Morgan fingerprint density at radius 3 is 2.37 bits per heavy atom. The number of amides is 1. The minimum absolute atomic E-state index is 0.0391. The first-order chi connectivity index (χ1) is 14.0. The van der Waals surface area contributed by atoms with E-state index in [9.17, 15) is 22.0 Å². The van der Waals surface area contributed by atoms with Crippen molar-refractivity contribution in [3.8, 4) is 11.5 Å². The van der Waals surface area contributed by atoms with E-state index in [0.29, 0.717) is 21.4 Å². The Hall–Kier alpha value is -2.88. The monoisotopic (exact) mass is 442 g/mol. The van der Waals surface area contributed by atoms with Crippen molar-refractivity contribution in [2.45, 2.75) is 26.5 Å². The summed E-state index contributed by atoms with van der Waals surface area (Å²) in [5.74, 6) is -1.89. The van der Waals surface area contributed by atoms with Gasteiger partial charge in [-0.05, 0) is 43.7 Å². The summed E-state index contributed by atoms with van der Waals surface area (Å²) >= 11 is 0. The third-order valence-corrected chi connectivity index (χ3v) is 5.10. The maximum absolute atomic E-state index is 13.5. The molecule has 2 rings (SSSR count). The summed E-state index contributed by atoms with van der Waals surface area (Å²) in [6.07, 6.45) is 0.836. The summed E-state index contributed by atoms with van der Waals surface area (Å²) in [5.41, 5.74) is 0.554. The average molecular weight is 442 g/mol. The standard InChI is InChI=1S/C20H24F2N2O5S/c1-13(2)29-18-8-5-14(9-19(18)28-3)11-23-20(25)12-24(30(4,26)27)15-6-7-16(21)17(22)10-15/h5-10,13H,11-12H2,1-4H3,(H,23,25). The highest BCUT2D eigenvalue weighted by molar-refractivity contribution is 7.92. The van der Waals surface area contributed by atoms with Crippen molar-refractivity contribution in [1.82, 2.24) is 5.32 Å². The van der Waals surface area contributed by atoms with Gasteiger partial charge in [0.05, 0.1) is 25.2 Å². The molecule has 7 nitrogen and oxygen atoms in total. The molecule has 2 aromatic carbocycles. The average Bonchev–Trinajstić information content (AvgIpc) is 2.66. The molecule has 0 aromatic heterocycles. The van der Waals surface area contributed by atoms with E-state index in [0.717, 1.165) is 24.5 Å². The Balaban J connectivity index is 2.10. The number of hydrogen-bond acceptors (Lipinski definition) is 5. The van der Waals surface area contributed by atoms with Crippen LogP contribution in [0.4, 0.5) is 14.5 Å². The van der Waals surface area contributed by atoms with Crippen LogP contribution in [0.5, 0.6) is 11.5 Å². The van der Waals surface area contributed by atoms with Crippen molar-refractivity contribution in [2.24, 2.45) is 0 Å². The Labute approximate surface area is 174 Å². The zero-order valence-corrected chi connectivity index (χ0v) is 17.9. The van der Waals surface area contributed by atoms with Crippen molar-refractivity contribution in [3.63, 3.8) is 0 Å². The van der Waals surface area contributed by atoms with Crippen LogP contribution in [-0.2, 0) is 21.4 Å². The van der Waals surface area contributed by atoms with Gasteiger partial charge in [-0.15, -0.1) is 0 Å². The molecule has 0 aliphatic heterocycles. The number of methoxy groups -OCH3 is 1. The second-order valence-corrected chi connectivity index (χ2v) is 8.70. The lowest BCUT2D eigenvalue weighted by molar-refractivity contribution is -0.119. The lowest BCUT2D eigenvalue weighted by atomic mass is 10.2. The van der Waals surface area contributed by atoms with Crippen LogP contribution in [0.15, 0.2) is 36.4 Å². The summed E-state index contributed by atoms with van der Waals surface area (Å²) in [6, 6.07) is 7.76. The van der Waals surface area contributed by atoms with E-state index in [4.69, 9.17) is 9.47 Å². The Kier molecular flexibility index (Phi) is 7.60. The molecular weight excluding hydrogens is 418 g/mol. The molecule has 0 saturated carbocycles. The molecule has 164 valence electrons. The second-order valence-electron chi connectivity index (χ2n) is 6.80. The predicted molar refractivity (Wildman–Crippen MR) is 109 cm³/mol. The van der Waals surface area contributed by atoms with Crippen LogP contribution in [0.2, 0.25) is 0 Å². The summed E-state index contributed by atoms with van der Waals surface area (Å²) in [4.78, 5) is 12.3. The van der Waals surface area contributed by atoms with E-state index in [-0.39, 0.29) is 18.3 Å². The van der Waals surface area contributed by atoms with Crippen LogP contribution in [0, 0.1) is 11.6 Å². The summed E-state index contributed by atoms with van der Waals surface area (Å²) in [7, 11) is -2.41. The number of carbonyl (C=O) groups is 1. The molecule has 2 aromatic rings. The van der Waals surface area contributed by atoms with Gasteiger partial charge in [0.2, 0.25) is 15.9 Å². The number of nitrogens with one attached hydrogen (secondary N) is 1. The zero-order valence-electron chi connectivity index (χ0n) is 17.1. The van der Waals surface area contributed by atoms with Gasteiger partial charge in [-0.1, -0.05) is 6.07 Å². The van der Waals surface area contributed by atoms with Crippen LogP contribution in [0.3, 0.4) is 0 Å². The maximum Gasteiger partial charge on any atom is 0.241 e. The van der Waals surface area contributed by atoms with Crippen LogP contribution in [-0.4, -0.2) is 40.3 Å². The molecule has 1 amide bonds. The normalized spacial score (nSPS) is 11.3. The van der Waals surface area contributed by atoms with E-state index < -0.39 is 34.1 Å². The number of sulfonamides is 1. The molecule has 0 bridgehead atoms. The molecule has 0 radical (unpaired) electrons. The van der Waals surface area contributed by atoms with Crippen molar-refractivity contribution in [3.05, 3.63) is 53.6 Å². The molecule has 0 aliphatic carbocycles. The smallest absolute Gasteiger partial charge is 0.241 e. The number of carbonyl (C=O) groups excluding carboxylic acids is 1. The van der Waals surface area contributed by atoms with Gasteiger partial charge in [0.15, 0.2) is 23.1 Å². The first-order valence-corrected chi connectivity index (χ1v) is 10.9. The summed E-state index contributed by atoms with van der Waals surface area (Å²) in [5, 5.41) is 2.60. The molecule has 10 heteroatoms. The van der Waals surface area contributed by atoms with E-state index in [1.54, 1.807) is 18.2 Å². The molecule has 1 N–H and O–H groups in total. The molecule has 0 saturated heterocycles. The molecule has 0 unspecified atom stereocenters. The van der Waals surface area contributed by atoms with Gasteiger partial charge >= 0.3 is 0 Å². The molecule has 30 heavy (non-hydrogen) atoms. The van der Waals surface area contributed by atoms with Crippen molar-refractivity contribution in [1.29, 1.82) is 0 Å². The van der Waals surface area contributed by atoms with Crippen LogP contribution < -0.4 is 19.1 Å². The fraction of sp³-hybridized carbons (Fsp3) is 0.350.